The normalized spacial score (nSPS) is 14.8. The molecular weight excluding hydrogens is 244 g/mol. The van der Waals surface area contributed by atoms with Crippen LogP contribution in [0.25, 0.3) is 0 Å². The number of rotatable bonds is 8. The molecule has 2 N–H and O–H groups in total. The molecule has 0 aromatic heterocycles. The van der Waals surface area contributed by atoms with E-state index in [4.69, 9.17) is 0 Å². The first-order chi connectivity index (χ1) is 9.00. The molecule has 0 radical (unpaired) electrons. The molecule has 0 heterocycles. The zero-order chi connectivity index (χ0) is 14.5. The Morgan fingerprint density at radius 1 is 1.42 bits per heavy atom. The van der Waals surface area contributed by atoms with Crippen LogP contribution in [0.5, 0.6) is 0 Å². The van der Waals surface area contributed by atoms with Crippen molar-refractivity contribution in [3.05, 3.63) is 12.7 Å². The lowest BCUT2D eigenvalue weighted by molar-refractivity contribution is -0.149. The summed E-state index contributed by atoms with van der Waals surface area (Å²) in [6, 6.07) is 0.107. The molecule has 0 aliphatic heterocycles. The maximum absolute atomic E-state index is 12.1. The summed E-state index contributed by atoms with van der Waals surface area (Å²) < 4.78 is 0. The highest BCUT2D eigenvalue weighted by Gasteiger charge is 2.37. The third kappa shape index (κ3) is 3.72. The smallest absolute Gasteiger partial charge is 0.317 e. The van der Waals surface area contributed by atoms with Crippen LogP contribution >= 0.6 is 0 Å². The number of aliphatic carboxylic acids is 1. The molecule has 0 spiro atoms. The Morgan fingerprint density at radius 2 is 2.00 bits per heavy atom. The van der Waals surface area contributed by atoms with Gasteiger partial charge in [0.25, 0.3) is 0 Å². The molecule has 1 rings (SSSR count). The van der Waals surface area contributed by atoms with Crippen LogP contribution in [0.2, 0.25) is 0 Å². The van der Waals surface area contributed by atoms with Gasteiger partial charge in [-0.05, 0) is 25.7 Å². The molecular formula is C14H24N2O3. The Bertz CT molecular complexity index is 347. The summed E-state index contributed by atoms with van der Waals surface area (Å²) in [6.07, 6.45) is 4.75. The van der Waals surface area contributed by atoms with Gasteiger partial charge in [-0.1, -0.05) is 19.9 Å². The molecule has 0 bridgehead atoms. The van der Waals surface area contributed by atoms with E-state index >= 15 is 0 Å². The molecule has 1 fully saturated rings. The van der Waals surface area contributed by atoms with Crippen molar-refractivity contribution < 1.29 is 14.7 Å². The Kier molecular flexibility index (Phi) is 5.39. The number of carbonyl (C=O) groups is 2. The van der Waals surface area contributed by atoms with Gasteiger partial charge < -0.3 is 15.3 Å². The highest BCUT2D eigenvalue weighted by atomic mass is 16.4. The van der Waals surface area contributed by atoms with Crippen LogP contribution in [0.1, 0.15) is 39.5 Å². The zero-order valence-electron chi connectivity index (χ0n) is 11.8. The molecule has 1 aliphatic rings. The van der Waals surface area contributed by atoms with Gasteiger partial charge >= 0.3 is 12.0 Å². The number of nitrogens with zero attached hydrogens (tertiary/aromatic N) is 1. The maximum Gasteiger partial charge on any atom is 0.317 e. The van der Waals surface area contributed by atoms with Gasteiger partial charge in [0, 0.05) is 19.1 Å². The standard InChI is InChI=1S/C14H24N2O3/c1-4-9-16(11-7-8-11)13(19)15-10-14(5-2,6-3)12(17)18/h4,11H,1,5-10H2,2-3H3,(H,15,19)(H,17,18). The fourth-order valence-corrected chi connectivity index (χ4v) is 2.15. The first kappa shape index (κ1) is 15.5. The van der Waals surface area contributed by atoms with Crippen LogP contribution < -0.4 is 5.32 Å². The van der Waals surface area contributed by atoms with E-state index in [2.05, 4.69) is 11.9 Å². The van der Waals surface area contributed by atoms with Crippen molar-refractivity contribution in [1.82, 2.24) is 10.2 Å². The third-order valence-electron chi connectivity index (χ3n) is 3.96. The van der Waals surface area contributed by atoms with Crippen LogP contribution in [-0.4, -0.2) is 41.1 Å². The Balaban J connectivity index is 2.60. The molecule has 108 valence electrons. The number of nitrogens with one attached hydrogen (secondary N) is 1. The van der Waals surface area contributed by atoms with Gasteiger partial charge in [0.1, 0.15) is 0 Å². The van der Waals surface area contributed by atoms with E-state index in [0.717, 1.165) is 12.8 Å². The third-order valence-corrected chi connectivity index (χ3v) is 3.96. The summed E-state index contributed by atoms with van der Waals surface area (Å²) in [5.41, 5.74) is -0.862. The van der Waals surface area contributed by atoms with E-state index in [1.807, 2.05) is 13.8 Å². The first-order valence-corrected chi connectivity index (χ1v) is 6.89. The Labute approximate surface area is 114 Å². The van der Waals surface area contributed by atoms with Gasteiger partial charge in [0.15, 0.2) is 0 Å². The average Bonchev–Trinajstić information content (AvgIpc) is 3.21. The summed E-state index contributed by atoms with van der Waals surface area (Å²) in [7, 11) is 0. The summed E-state index contributed by atoms with van der Waals surface area (Å²) in [5.74, 6) is -0.848. The van der Waals surface area contributed by atoms with Crippen molar-refractivity contribution in [3.8, 4) is 0 Å². The molecule has 0 aromatic rings. The molecule has 5 heteroatoms. The van der Waals surface area contributed by atoms with Crippen LogP contribution in [0.15, 0.2) is 12.7 Å². The fraction of sp³-hybridized carbons (Fsp3) is 0.714. The maximum atomic E-state index is 12.1. The second-order valence-corrected chi connectivity index (χ2v) is 5.12. The largest absolute Gasteiger partial charge is 0.481 e. The number of carboxylic acids is 1. The summed E-state index contributed by atoms with van der Waals surface area (Å²) in [6.45, 7) is 8.01. The molecule has 19 heavy (non-hydrogen) atoms. The van der Waals surface area contributed by atoms with Gasteiger partial charge in [-0.2, -0.15) is 0 Å². The number of urea groups is 1. The summed E-state index contributed by atoms with van der Waals surface area (Å²) >= 11 is 0. The number of carboxylic acid groups (broad SMARTS) is 1. The average molecular weight is 268 g/mol. The van der Waals surface area contributed by atoms with E-state index in [1.165, 1.54) is 0 Å². The van der Waals surface area contributed by atoms with E-state index < -0.39 is 11.4 Å². The Hall–Kier alpha value is -1.52. The van der Waals surface area contributed by atoms with Gasteiger partial charge in [0.05, 0.1) is 5.41 Å². The Morgan fingerprint density at radius 3 is 2.37 bits per heavy atom. The van der Waals surface area contributed by atoms with Gasteiger partial charge in [-0.25, -0.2) is 4.79 Å². The topological polar surface area (TPSA) is 69.6 Å². The van der Waals surface area contributed by atoms with Crippen LogP contribution in [0.3, 0.4) is 0 Å². The predicted octanol–water partition coefficient (Wildman–Crippen LogP) is 2.24. The minimum Gasteiger partial charge on any atom is -0.481 e. The molecule has 5 nitrogen and oxygen atoms in total. The van der Waals surface area contributed by atoms with Crippen molar-refractivity contribution in [2.24, 2.45) is 5.41 Å². The second kappa shape index (κ2) is 6.59. The predicted molar refractivity (Wildman–Crippen MR) is 74.0 cm³/mol. The lowest BCUT2D eigenvalue weighted by Gasteiger charge is -2.29. The fourth-order valence-electron chi connectivity index (χ4n) is 2.15. The lowest BCUT2D eigenvalue weighted by Crippen LogP contribution is -2.48. The quantitative estimate of drug-likeness (QED) is 0.663. The van der Waals surface area contributed by atoms with Crippen LogP contribution in [-0.2, 0) is 4.79 Å². The minimum absolute atomic E-state index is 0.175. The molecule has 1 saturated carbocycles. The van der Waals surface area contributed by atoms with Crippen molar-refractivity contribution in [2.45, 2.75) is 45.6 Å². The minimum atomic E-state index is -0.862. The van der Waals surface area contributed by atoms with Gasteiger partial charge in [0.2, 0.25) is 0 Å². The van der Waals surface area contributed by atoms with Crippen molar-refractivity contribution in [2.75, 3.05) is 13.1 Å². The highest BCUT2D eigenvalue weighted by molar-refractivity contribution is 5.78. The monoisotopic (exact) mass is 268 g/mol. The molecule has 2 amide bonds. The SMILES string of the molecule is C=CCN(C(=O)NCC(CC)(CC)C(=O)O)C1CC1. The van der Waals surface area contributed by atoms with Crippen molar-refractivity contribution in [1.29, 1.82) is 0 Å². The first-order valence-electron chi connectivity index (χ1n) is 6.89. The van der Waals surface area contributed by atoms with Crippen LogP contribution in [0.4, 0.5) is 4.79 Å². The zero-order valence-corrected chi connectivity index (χ0v) is 11.8. The van der Waals surface area contributed by atoms with E-state index in [1.54, 1.807) is 11.0 Å². The second-order valence-electron chi connectivity index (χ2n) is 5.12. The van der Waals surface area contributed by atoms with Crippen molar-refractivity contribution >= 4 is 12.0 Å². The number of hydrogen-bond acceptors (Lipinski definition) is 2. The van der Waals surface area contributed by atoms with Gasteiger partial charge in [-0.15, -0.1) is 6.58 Å². The molecule has 0 atom stereocenters. The molecule has 0 unspecified atom stereocenters. The molecule has 1 aliphatic carbocycles. The lowest BCUT2D eigenvalue weighted by atomic mass is 9.82. The summed E-state index contributed by atoms with van der Waals surface area (Å²) in [5, 5.41) is 12.1. The van der Waals surface area contributed by atoms with E-state index in [-0.39, 0.29) is 12.6 Å². The number of amides is 2. The van der Waals surface area contributed by atoms with E-state index in [0.29, 0.717) is 25.4 Å². The molecule has 0 saturated heterocycles. The van der Waals surface area contributed by atoms with Gasteiger partial charge in [-0.3, -0.25) is 4.79 Å². The number of carbonyl (C=O) groups excluding carboxylic acids is 1. The van der Waals surface area contributed by atoms with Crippen LogP contribution in [0, 0.1) is 5.41 Å². The molecule has 0 aromatic carbocycles. The summed E-state index contributed by atoms with van der Waals surface area (Å²) in [4.78, 5) is 25.2. The van der Waals surface area contributed by atoms with E-state index in [9.17, 15) is 14.7 Å². The number of hydrogen-bond donors (Lipinski definition) is 2. The highest BCUT2D eigenvalue weighted by Crippen LogP contribution is 2.28. The van der Waals surface area contributed by atoms with Crippen molar-refractivity contribution in [3.63, 3.8) is 0 Å².